The summed E-state index contributed by atoms with van der Waals surface area (Å²) in [5.41, 5.74) is 5.19. The number of nitrogens with one attached hydrogen (secondary N) is 1. The van der Waals surface area contributed by atoms with Crippen molar-refractivity contribution < 1.29 is 10.0 Å². The molecule has 4 N–H and O–H groups in total. The highest BCUT2D eigenvalue weighted by Gasteiger charge is 2.05. The molecule has 1 amide bonds. The minimum absolute atomic E-state index is 0.100. The lowest BCUT2D eigenvalue weighted by Crippen LogP contribution is -2.30. The molecule has 0 saturated heterocycles. The lowest BCUT2D eigenvalue weighted by molar-refractivity contribution is -0.119. The molecule has 0 aliphatic rings. The first kappa shape index (κ1) is 12.0. The minimum Gasteiger partial charge on any atom is -0.409 e. The van der Waals surface area contributed by atoms with Crippen LogP contribution in [0.5, 0.6) is 0 Å². The summed E-state index contributed by atoms with van der Waals surface area (Å²) in [4.78, 5) is 15.3. The van der Waals surface area contributed by atoms with Crippen LogP contribution in [0.2, 0.25) is 0 Å². The molecule has 0 fully saturated rings. The number of nitrogens with two attached hydrogens (primary N) is 1. The fourth-order valence-corrected chi connectivity index (χ4v) is 1.21. The first-order valence-corrected chi connectivity index (χ1v) is 4.82. The van der Waals surface area contributed by atoms with Gasteiger partial charge in [-0.05, 0) is 0 Å². The molecular weight excluding hydrogens is 210 g/mol. The molecule has 0 aliphatic heterocycles. The largest absolute Gasteiger partial charge is 0.409 e. The second kappa shape index (κ2) is 5.74. The normalized spacial score (nSPS) is 11.4. The molecule has 0 unspecified atom stereocenters. The molecule has 0 aromatic carbocycles. The molecule has 0 atom stereocenters. The van der Waals surface area contributed by atoms with Crippen LogP contribution in [0, 0.1) is 0 Å². The molecule has 7 nitrogen and oxygen atoms in total. The number of hydrogen-bond donors (Lipinski definition) is 3. The van der Waals surface area contributed by atoms with Crippen molar-refractivity contribution in [3.05, 3.63) is 18.2 Å². The van der Waals surface area contributed by atoms with Gasteiger partial charge in [0, 0.05) is 32.4 Å². The van der Waals surface area contributed by atoms with Gasteiger partial charge in [-0.1, -0.05) is 5.16 Å². The maximum absolute atomic E-state index is 11.2. The van der Waals surface area contributed by atoms with E-state index in [4.69, 9.17) is 10.9 Å². The van der Waals surface area contributed by atoms with Crippen molar-refractivity contribution in [3.8, 4) is 0 Å². The molecule has 0 spiro atoms. The van der Waals surface area contributed by atoms with E-state index in [0.29, 0.717) is 13.0 Å². The molecule has 0 bridgehead atoms. The molecule has 1 aromatic rings. The maximum Gasteiger partial charge on any atom is 0.227 e. The Labute approximate surface area is 93.0 Å². The first-order chi connectivity index (χ1) is 7.63. The summed E-state index contributed by atoms with van der Waals surface area (Å²) in [5.74, 6) is 0.517. The molecule has 1 heterocycles. The summed E-state index contributed by atoms with van der Waals surface area (Å²) in [6.45, 7) is 0.475. The number of imidazole rings is 1. The average molecular weight is 225 g/mol. The third kappa shape index (κ3) is 3.60. The standard InChI is InChI=1S/C9H15N5O2/c1-14-5-4-11-8(14)2-3-12-9(15)6-7(10)13-16/h4-5,16H,2-3,6H2,1H3,(H2,10,13)(H,12,15). The fourth-order valence-electron chi connectivity index (χ4n) is 1.21. The summed E-state index contributed by atoms with van der Waals surface area (Å²) in [7, 11) is 1.89. The van der Waals surface area contributed by atoms with E-state index < -0.39 is 0 Å². The van der Waals surface area contributed by atoms with E-state index in [0.717, 1.165) is 5.82 Å². The van der Waals surface area contributed by atoms with E-state index in [1.165, 1.54) is 0 Å². The number of carbonyl (C=O) groups is 1. The van der Waals surface area contributed by atoms with Gasteiger partial charge in [-0.2, -0.15) is 0 Å². The van der Waals surface area contributed by atoms with Crippen LogP contribution in [0.15, 0.2) is 17.5 Å². The highest BCUT2D eigenvalue weighted by molar-refractivity contribution is 5.98. The van der Waals surface area contributed by atoms with Gasteiger partial charge in [-0.25, -0.2) is 4.98 Å². The summed E-state index contributed by atoms with van der Waals surface area (Å²) in [6.07, 6.45) is 4.09. The van der Waals surface area contributed by atoms with Crippen LogP contribution in [-0.4, -0.2) is 33.0 Å². The van der Waals surface area contributed by atoms with Crippen molar-refractivity contribution >= 4 is 11.7 Å². The van der Waals surface area contributed by atoms with Crippen molar-refractivity contribution in [1.29, 1.82) is 0 Å². The van der Waals surface area contributed by atoms with E-state index in [2.05, 4.69) is 15.5 Å². The number of nitrogens with zero attached hydrogens (tertiary/aromatic N) is 3. The number of amidine groups is 1. The van der Waals surface area contributed by atoms with Gasteiger partial charge in [0.2, 0.25) is 5.91 Å². The van der Waals surface area contributed by atoms with E-state index in [9.17, 15) is 4.79 Å². The van der Waals surface area contributed by atoms with E-state index >= 15 is 0 Å². The van der Waals surface area contributed by atoms with Gasteiger partial charge in [-0.3, -0.25) is 4.79 Å². The van der Waals surface area contributed by atoms with Crippen molar-refractivity contribution in [1.82, 2.24) is 14.9 Å². The first-order valence-electron chi connectivity index (χ1n) is 4.82. The van der Waals surface area contributed by atoms with E-state index in [1.807, 2.05) is 17.8 Å². The minimum atomic E-state index is -0.274. The molecule has 0 radical (unpaired) electrons. The molecular formula is C9H15N5O2. The Kier molecular flexibility index (Phi) is 4.31. The SMILES string of the molecule is Cn1ccnc1CCNC(=O)CC(N)=NO. The van der Waals surface area contributed by atoms with Crippen molar-refractivity contribution in [2.45, 2.75) is 12.8 Å². The number of oxime groups is 1. The van der Waals surface area contributed by atoms with Crippen LogP contribution in [0.4, 0.5) is 0 Å². The summed E-state index contributed by atoms with van der Waals surface area (Å²) >= 11 is 0. The third-order valence-corrected chi connectivity index (χ3v) is 2.06. The average Bonchev–Trinajstić information content (AvgIpc) is 2.64. The second-order valence-electron chi connectivity index (χ2n) is 3.32. The predicted octanol–water partition coefficient (Wildman–Crippen LogP) is -0.785. The van der Waals surface area contributed by atoms with Gasteiger partial charge >= 0.3 is 0 Å². The molecule has 0 saturated carbocycles. The number of aromatic nitrogens is 2. The smallest absolute Gasteiger partial charge is 0.227 e. The molecule has 1 rings (SSSR count). The Hall–Kier alpha value is -2.05. The maximum atomic E-state index is 11.2. The number of carbonyl (C=O) groups excluding carboxylic acids is 1. The Balaban J connectivity index is 2.26. The molecule has 16 heavy (non-hydrogen) atoms. The molecule has 7 heteroatoms. The summed E-state index contributed by atoms with van der Waals surface area (Å²) < 4.78 is 1.88. The van der Waals surface area contributed by atoms with E-state index in [1.54, 1.807) is 6.20 Å². The van der Waals surface area contributed by atoms with Crippen molar-refractivity contribution in [2.24, 2.45) is 17.9 Å². The topological polar surface area (TPSA) is 106 Å². The van der Waals surface area contributed by atoms with Gasteiger partial charge in [0.15, 0.2) is 0 Å². The quantitative estimate of drug-likeness (QED) is 0.264. The van der Waals surface area contributed by atoms with E-state index in [-0.39, 0.29) is 18.2 Å². The fraction of sp³-hybridized carbons (Fsp3) is 0.444. The van der Waals surface area contributed by atoms with Gasteiger partial charge in [0.25, 0.3) is 0 Å². The number of rotatable bonds is 5. The van der Waals surface area contributed by atoms with Crippen LogP contribution in [0.1, 0.15) is 12.2 Å². The zero-order valence-corrected chi connectivity index (χ0v) is 9.05. The lowest BCUT2D eigenvalue weighted by atomic mass is 10.3. The van der Waals surface area contributed by atoms with Crippen LogP contribution in [0.25, 0.3) is 0 Å². The Morgan fingerprint density at radius 3 is 3.06 bits per heavy atom. The highest BCUT2D eigenvalue weighted by atomic mass is 16.4. The summed E-state index contributed by atoms with van der Waals surface area (Å²) in [6, 6.07) is 0. The zero-order chi connectivity index (χ0) is 12.0. The molecule has 0 aliphatic carbocycles. The molecule has 88 valence electrons. The van der Waals surface area contributed by atoms with Gasteiger partial charge in [0.1, 0.15) is 11.7 Å². The third-order valence-electron chi connectivity index (χ3n) is 2.06. The number of aryl methyl sites for hydroxylation is 1. The van der Waals surface area contributed by atoms with Gasteiger partial charge in [-0.15, -0.1) is 0 Å². The van der Waals surface area contributed by atoms with Gasteiger partial charge < -0.3 is 20.8 Å². The highest BCUT2D eigenvalue weighted by Crippen LogP contribution is 1.94. The van der Waals surface area contributed by atoms with Crippen LogP contribution >= 0.6 is 0 Å². The zero-order valence-electron chi connectivity index (χ0n) is 9.05. The van der Waals surface area contributed by atoms with Crippen molar-refractivity contribution in [3.63, 3.8) is 0 Å². The monoisotopic (exact) mass is 225 g/mol. The van der Waals surface area contributed by atoms with Crippen LogP contribution in [-0.2, 0) is 18.3 Å². The number of amides is 1. The Bertz CT molecular complexity index is 385. The Morgan fingerprint density at radius 2 is 2.50 bits per heavy atom. The number of hydrogen-bond acceptors (Lipinski definition) is 4. The Morgan fingerprint density at radius 1 is 1.75 bits per heavy atom. The van der Waals surface area contributed by atoms with Crippen LogP contribution < -0.4 is 11.1 Å². The lowest BCUT2D eigenvalue weighted by Gasteiger charge is -2.04. The van der Waals surface area contributed by atoms with Crippen LogP contribution in [0.3, 0.4) is 0 Å². The van der Waals surface area contributed by atoms with Gasteiger partial charge in [0.05, 0.1) is 6.42 Å². The van der Waals surface area contributed by atoms with Crippen molar-refractivity contribution in [2.75, 3.05) is 6.54 Å². The molecule has 1 aromatic heterocycles. The summed E-state index contributed by atoms with van der Waals surface area (Å²) in [5, 5.41) is 13.6. The predicted molar refractivity (Wildman–Crippen MR) is 57.9 cm³/mol. The second-order valence-corrected chi connectivity index (χ2v) is 3.32.